The van der Waals surface area contributed by atoms with Crippen LogP contribution in [-0.4, -0.2) is 26.0 Å². The van der Waals surface area contributed by atoms with Crippen LogP contribution in [0.5, 0.6) is 11.5 Å². The van der Waals surface area contributed by atoms with Gasteiger partial charge in [-0.1, -0.05) is 19.1 Å². The predicted octanol–water partition coefficient (Wildman–Crippen LogP) is 3.02. The van der Waals surface area contributed by atoms with Gasteiger partial charge in [0.05, 0.1) is 26.9 Å². The van der Waals surface area contributed by atoms with Gasteiger partial charge in [0, 0.05) is 16.5 Å². The number of amides is 2. The SMILES string of the molecule is CCc1ccc2c(CC(=O)NNC(=O)c3ccc(OC)c(OC)c3)coc2c1. The number of aryl methyl sites for hydroxylation is 1. The fourth-order valence-electron chi connectivity index (χ4n) is 2.88. The number of furan rings is 1. The molecule has 0 saturated heterocycles. The number of rotatable bonds is 6. The van der Waals surface area contributed by atoms with Crippen LogP contribution in [0.1, 0.15) is 28.4 Å². The third-order valence-electron chi connectivity index (χ3n) is 4.44. The first-order valence-corrected chi connectivity index (χ1v) is 8.86. The Kier molecular flexibility index (Phi) is 5.84. The van der Waals surface area contributed by atoms with Gasteiger partial charge in [-0.05, 0) is 36.2 Å². The normalized spacial score (nSPS) is 10.5. The van der Waals surface area contributed by atoms with Crippen LogP contribution < -0.4 is 20.3 Å². The zero-order valence-corrected chi connectivity index (χ0v) is 16.0. The van der Waals surface area contributed by atoms with Crippen molar-refractivity contribution < 1.29 is 23.5 Å². The van der Waals surface area contributed by atoms with Gasteiger partial charge in [-0.25, -0.2) is 0 Å². The molecular formula is C21H22N2O5. The lowest BCUT2D eigenvalue weighted by molar-refractivity contribution is -0.121. The number of hydrazine groups is 1. The number of methoxy groups -OCH3 is 2. The molecule has 7 nitrogen and oxygen atoms in total. The molecular weight excluding hydrogens is 360 g/mol. The van der Waals surface area contributed by atoms with E-state index in [4.69, 9.17) is 13.9 Å². The Morgan fingerprint density at radius 3 is 2.50 bits per heavy atom. The predicted molar refractivity (Wildman–Crippen MR) is 104 cm³/mol. The molecule has 7 heteroatoms. The first-order chi connectivity index (χ1) is 13.5. The van der Waals surface area contributed by atoms with E-state index in [2.05, 4.69) is 17.8 Å². The van der Waals surface area contributed by atoms with Crippen LogP contribution in [-0.2, 0) is 17.6 Å². The van der Waals surface area contributed by atoms with Crippen molar-refractivity contribution in [1.29, 1.82) is 0 Å². The van der Waals surface area contributed by atoms with Crippen molar-refractivity contribution in [1.82, 2.24) is 10.9 Å². The monoisotopic (exact) mass is 382 g/mol. The summed E-state index contributed by atoms with van der Waals surface area (Å²) in [5.41, 5.74) is 7.83. The second-order valence-electron chi connectivity index (χ2n) is 6.19. The van der Waals surface area contributed by atoms with Crippen LogP contribution in [0, 0.1) is 0 Å². The van der Waals surface area contributed by atoms with Gasteiger partial charge in [0.25, 0.3) is 5.91 Å². The van der Waals surface area contributed by atoms with Crippen molar-refractivity contribution in [3.8, 4) is 11.5 Å². The number of hydrogen-bond acceptors (Lipinski definition) is 5. The molecule has 2 amide bonds. The standard InChI is InChI=1S/C21H22N2O5/c1-4-13-5-7-16-15(12-28-18(16)9-13)11-20(24)22-23-21(25)14-6-8-17(26-2)19(10-14)27-3/h5-10,12H,4,11H2,1-3H3,(H,22,24)(H,23,25). The lowest BCUT2D eigenvalue weighted by Crippen LogP contribution is -2.42. The number of hydrogen-bond donors (Lipinski definition) is 2. The van der Waals surface area contributed by atoms with Crippen LogP contribution in [0.2, 0.25) is 0 Å². The minimum Gasteiger partial charge on any atom is -0.493 e. The first-order valence-electron chi connectivity index (χ1n) is 8.86. The summed E-state index contributed by atoms with van der Waals surface area (Å²) < 4.78 is 15.9. The number of carbonyl (C=O) groups excluding carboxylic acids is 2. The zero-order valence-electron chi connectivity index (χ0n) is 16.0. The maximum absolute atomic E-state index is 12.3. The Hall–Kier alpha value is -3.48. The molecule has 0 spiro atoms. The van der Waals surface area contributed by atoms with Crippen LogP contribution in [0.4, 0.5) is 0 Å². The highest BCUT2D eigenvalue weighted by Crippen LogP contribution is 2.27. The van der Waals surface area contributed by atoms with Crippen molar-refractivity contribution >= 4 is 22.8 Å². The molecule has 0 bridgehead atoms. The Labute approximate surface area is 162 Å². The molecule has 0 saturated carbocycles. The number of carbonyl (C=O) groups is 2. The minimum absolute atomic E-state index is 0.0880. The molecule has 0 atom stereocenters. The molecule has 3 rings (SSSR count). The number of nitrogens with one attached hydrogen (secondary N) is 2. The molecule has 146 valence electrons. The van der Waals surface area contributed by atoms with Gasteiger partial charge in [-0.3, -0.25) is 20.4 Å². The number of fused-ring (bicyclic) bond motifs is 1. The maximum Gasteiger partial charge on any atom is 0.269 e. The Bertz CT molecular complexity index is 1010. The van der Waals surface area contributed by atoms with Crippen LogP contribution >= 0.6 is 0 Å². The highest BCUT2D eigenvalue weighted by molar-refractivity contribution is 5.96. The third kappa shape index (κ3) is 4.09. The van der Waals surface area contributed by atoms with Gasteiger partial charge in [0.1, 0.15) is 5.58 Å². The summed E-state index contributed by atoms with van der Waals surface area (Å²) in [6.45, 7) is 2.07. The molecule has 1 heterocycles. The molecule has 0 radical (unpaired) electrons. The van der Waals surface area contributed by atoms with Crippen molar-refractivity contribution in [3.05, 3.63) is 59.4 Å². The molecule has 0 aliphatic heterocycles. The van der Waals surface area contributed by atoms with E-state index < -0.39 is 5.91 Å². The average Bonchev–Trinajstić information content (AvgIpc) is 3.13. The van der Waals surface area contributed by atoms with Gasteiger partial charge in [-0.2, -0.15) is 0 Å². The highest BCUT2D eigenvalue weighted by Gasteiger charge is 2.14. The molecule has 0 unspecified atom stereocenters. The van der Waals surface area contributed by atoms with Crippen LogP contribution in [0.25, 0.3) is 11.0 Å². The van der Waals surface area contributed by atoms with Crippen LogP contribution in [0.3, 0.4) is 0 Å². The summed E-state index contributed by atoms with van der Waals surface area (Å²) in [6, 6.07) is 10.7. The summed E-state index contributed by atoms with van der Waals surface area (Å²) >= 11 is 0. The van der Waals surface area contributed by atoms with E-state index in [1.165, 1.54) is 25.8 Å². The van der Waals surface area contributed by atoms with E-state index in [0.717, 1.165) is 23.0 Å². The molecule has 28 heavy (non-hydrogen) atoms. The minimum atomic E-state index is -0.459. The van der Waals surface area contributed by atoms with Gasteiger partial charge in [-0.15, -0.1) is 0 Å². The molecule has 3 aromatic rings. The Morgan fingerprint density at radius 2 is 1.79 bits per heavy atom. The van der Waals surface area contributed by atoms with Crippen LogP contribution in [0.15, 0.2) is 47.1 Å². The van der Waals surface area contributed by atoms with Crippen molar-refractivity contribution in [3.63, 3.8) is 0 Å². The summed E-state index contributed by atoms with van der Waals surface area (Å²) in [5.74, 6) is 0.133. The first kappa shape index (κ1) is 19.3. The summed E-state index contributed by atoms with van der Waals surface area (Å²) in [6.07, 6.45) is 2.57. The largest absolute Gasteiger partial charge is 0.493 e. The van der Waals surface area contributed by atoms with E-state index in [1.807, 2.05) is 18.2 Å². The van der Waals surface area contributed by atoms with E-state index in [0.29, 0.717) is 17.1 Å². The van der Waals surface area contributed by atoms with Gasteiger partial charge in [0.15, 0.2) is 11.5 Å². The summed E-state index contributed by atoms with van der Waals surface area (Å²) in [4.78, 5) is 24.5. The Balaban J connectivity index is 1.62. The molecule has 2 aromatic carbocycles. The fourth-order valence-corrected chi connectivity index (χ4v) is 2.88. The van der Waals surface area contributed by atoms with Crippen molar-refractivity contribution in [2.24, 2.45) is 0 Å². The quantitative estimate of drug-likeness (QED) is 0.640. The van der Waals surface area contributed by atoms with E-state index in [-0.39, 0.29) is 12.3 Å². The maximum atomic E-state index is 12.3. The summed E-state index contributed by atoms with van der Waals surface area (Å²) in [7, 11) is 3.00. The fraction of sp³-hybridized carbons (Fsp3) is 0.238. The molecule has 1 aromatic heterocycles. The van der Waals surface area contributed by atoms with Gasteiger partial charge in [0.2, 0.25) is 5.91 Å². The van der Waals surface area contributed by atoms with Crippen molar-refractivity contribution in [2.75, 3.05) is 14.2 Å². The number of ether oxygens (including phenoxy) is 2. The summed E-state index contributed by atoms with van der Waals surface area (Å²) in [5, 5.41) is 0.888. The second-order valence-corrected chi connectivity index (χ2v) is 6.19. The second kappa shape index (κ2) is 8.47. The highest BCUT2D eigenvalue weighted by atomic mass is 16.5. The van der Waals surface area contributed by atoms with E-state index >= 15 is 0 Å². The molecule has 0 fully saturated rings. The lowest BCUT2D eigenvalue weighted by Gasteiger charge is -2.10. The molecule has 2 N–H and O–H groups in total. The third-order valence-corrected chi connectivity index (χ3v) is 4.44. The van der Waals surface area contributed by atoms with Gasteiger partial charge >= 0.3 is 0 Å². The zero-order chi connectivity index (χ0) is 20.1. The average molecular weight is 382 g/mol. The van der Waals surface area contributed by atoms with Crippen molar-refractivity contribution in [2.45, 2.75) is 19.8 Å². The Morgan fingerprint density at radius 1 is 1.00 bits per heavy atom. The smallest absolute Gasteiger partial charge is 0.269 e. The van der Waals surface area contributed by atoms with E-state index in [9.17, 15) is 9.59 Å². The van der Waals surface area contributed by atoms with E-state index in [1.54, 1.807) is 18.4 Å². The lowest BCUT2D eigenvalue weighted by atomic mass is 10.1. The number of benzene rings is 2. The topological polar surface area (TPSA) is 89.8 Å². The van der Waals surface area contributed by atoms with Gasteiger partial charge < -0.3 is 13.9 Å². The molecule has 0 aliphatic carbocycles. The molecule has 0 aliphatic rings.